The standard InChI is InChI=1S/C17H17BrN2O4S/c1-17(13-7-8-14(18)25-13)15(21)20(16(22)19-17)9-10-24-12-6-4-3-5-11(12)23-2/h3-8H,9-10H2,1-2H3,(H,19,22). The molecule has 1 aliphatic heterocycles. The minimum absolute atomic E-state index is 0.158. The predicted octanol–water partition coefficient (Wildman–Crippen LogP) is 3.37. The number of benzene rings is 1. The summed E-state index contributed by atoms with van der Waals surface area (Å²) in [6.45, 7) is 2.06. The molecule has 1 fully saturated rings. The number of methoxy groups -OCH3 is 1. The number of para-hydroxylation sites is 2. The van der Waals surface area contributed by atoms with E-state index in [1.54, 1.807) is 26.2 Å². The first kappa shape index (κ1) is 17.8. The highest BCUT2D eigenvalue weighted by Crippen LogP contribution is 2.35. The normalized spacial score (nSPS) is 19.9. The van der Waals surface area contributed by atoms with Crippen LogP contribution < -0.4 is 14.8 Å². The van der Waals surface area contributed by atoms with Gasteiger partial charge in [-0.25, -0.2) is 4.79 Å². The van der Waals surface area contributed by atoms with Crippen molar-refractivity contribution in [2.24, 2.45) is 0 Å². The van der Waals surface area contributed by atoms with Gasteiger partial charge in [0, 0.05) is 4.88 Å². The van der Waals surface area contributed by atoms with Gasteiger partial charge in [-0.3, -0.25) is 9.69 Å². The molecule has 132 valence electrons. The maximum absolute atomic E-state index is 12.8. The first-order valence-corrected chi connectivity index (χ1v) is 9.22. The van der Waals surface area contributed by atoms with E-state index in [2.05, 4.69) is 21.2 Å². The van der Waals surface area contributed by atoms with E-state index in [9.17, 15) is 9.59 Å². The second-order valence-corrected chi connectivity index (χ2v) is 8.08. The van der Waals surface area contributed by atoms with Gasteiger partial charge >= 0.3 is 6.03 Å². The number of halogens is 1. The molecule has 1 aromatic heterocycles. The molecular weight excluding hydrogens is 408 g/mol. The number of imide groups is 1. The van der Waals surface area contributed by atoms with E-state index in [1.165, 1.54) is 16.2 Å². The van der Waals surface area contributed by atoms with Gasteiger partial charge in [0.15, 0.2) is 17.0 Å². The number of rotatable bonds is 6. The van der Waals surface area contributed by atoms with Crippen molar-refractivity contribution in [2.75, 3.05) is 20.3 Å². The summed E-state index contributed by atoms with van der Waals surface area (Å²) >= 11 is 4.81. The predicted molar refractivity (Wildman–Crippen MR) is 98.1 cm³/mol. The summed E-state index contributed by atoms with van der Waals surface area (Å²) in [5.74, 6) is 0.894. The lowest BCUT2D eigenvalue weighted by Gasteiger charge is -2.20. The topological polar surface area (TPSA) is 67.9 Å². The first-order chi connectivity index (χ1) is 12.0. The SMILES string of the molecule is COc1ccccc1OCCN1C(=O)NC(C)(c2ccc(Br)s2)C1=O. The van der Waals surface area contributed by atoms with Crippen molar-refractivity contribution >= 4 is 39.2 Å². The van der Waals surface area contributed by atoms with Gasteiger partial charge in [-0.2, -0.15) is 0 Å². The Morgan fingerprint density at radius 3 is 2.56 bits per heavy atom. The molecule has 1 unspecified atom stereocenters. The van der Waals surface area contributed by atoms with Crippen LogP contribution >= 0.6 is 27.3 Å². The monoisotopic (exact) mass is 424 g/mol. The Hall–Kier alpha value is -2.06. The zero-order chi connectivity index (χ0) is 18.0. The maximum atomic E-state index is 12.8. The molecular formula is C17H17BrN2O4S. The summed E-state index contributed by atoms with van der Waals surface area (Å²) in [6, 6.07) is 10.5. The van der Waals surface area contributed by atoms with Crippen LogP contribution in [0.2, 0.25) is 0 Å². The fourth-order valence-corrected chi connectivity index (χ4v) is 4.12. The number of hydrogen-bond acceptors (Lipinski definition) is 5. The van der Waals surface area contributed by atoms with Gasteiger partial charge < -0.3 is 14.8 Å². The summed E-state index contributed by atoms with van der Waals surface area (Å²) in [5, 5.41) is 2.78. The maximum Gasteiger partial charge on any atom is 0.325 e. The Morgan fingerprint density at radius 2 is 1.92 bits per heavy atom. The van der Waals surface area contributed by atoms with Crippen molar-refractivity contribution in [3.8, 4) is 11.5 Å². The van der Waals surface area contributed by atoms with E-state index in [1.807, 2.05) is 24.3 Å². The molecule has 2 heterocycles. The number of nitrogens with one attached hydrogen (secondary N) is 1. The molecule has 1 aliphatic rings. The Labute approximate surface area is 157 Å². The van der Waals surface area contributed by atoms with Crippen LogP contribution in [0.25, 0.3) is 0 Å². The third-order valence-corrected chi connectivity index (χ3v) is 5.83. The zero-order valence-electron chi connectivity index (χ0n) is 13.7. The van der Waals surface area contributed by atoms with Gasteiger partial charge in [0.1, 0.15) is 6.61 Å². The Balaban J connectivity index is 1.67. The van der Waals surface area contributed by atoms with Crippen molar-refractivity contribution < 1.29 is 19.1 Å². The minimum atomic E-state index is -1.04. The number of carbonyl (C=O) groups excluding carboxylic acids is 2. The second kappa shape index (κ2) is 7.05. The largest absolute Gasteiger partial charge is 0.493 e. The quantitative estimate of drug-likeness (QED) is 0.721. The fraction of sp³-hybridized carbons (Fsp3) is 0.294. The molecule has 8 heteroatoms. The van der Waals surface area contributed by atoms with E-state index < -0.39 is 11.6 Å². The Bertz CT molecular complexity index is 809. The van der Waals surface area contributed by atoms with Crippen molar-refractivity contribution in [1.29, 1.82) is 0 Å². The third-order valence-electron chi connectivity index (χ3n) is 3.98. The molecule has 6 nitrogen and oxygen atoms in total. The van der Waals surface area contributed by atoms with E-state index in [-0.39, 0.29) is 19.1 Å². The van der Waals surface area contributed by atoms with E-state index in [0.29, 0.717) is 11.5 Å². The number of amides is 3. The van der Waals surface area contributed by atoms with Gasteiger partial charge in [-0.15, -0.1) is 11.3 Å². The lowest BCUT2D eigenvalue weighted by molar-refractivity contribution is -0.131. The first-order valence-electron chi connectivity index (χ1n) is 7.61. The second-order valence-electron chi connectivity index (χ2n) is 5.62. The summed E-state index contributed by atoms with van der Waals surface area (Å²) in [6.07, 6.45) is 0. The fourth-order valence-electron chi connectivity index (χ4n) is 2.63. The zero-order valence-corrected chi connectivity index (χ0v) is 16.1. The van der Waals surface area contributed by atoms with Crippen molar-refractivity contribution in [2.45, 2.75) is 12.5 Å². The molecule has 0 aliphatic carbocycles. The van der Waals surface area contributed by atoms with Gasteiger partial charge in [-0.1, -0.05) is 12.1 Å². The molecule has 3 amide bonds. The average molecular weight is 425 g/mol. The molecule has 0 spiro atoms. The molecule has 1 saturated heterocycles. The van der Waals surface area contributed by atoms with E-state index in [4.69, 9.17) is 9.47 Å². The van der Waals surface area contributed by atoms with E-state index in [0.717, 1.165) is 8.66 Å². The Kier molecular flexibility index (Phi) is 5.01. The number of ether oxygens (including phenoxy) is 2. The van der Waals surface area contributed by atoms with Gasteiger partial charge in [0.05, 0.1) is 17.4 Å². The number of hydrogen-bond donors (Lipinski definition) is 1. The molecule has 2 aromatic rings. The van der Waals surface area contributed by atoms with Crippen molar-refractivity contribution in [1.82, 2.24) is 10.2 Å². The summed E-state index contributed by atoms with van der Waals surface area (Å²) in [5.41, 5.74) is -1.04. The van der Waals surface area contributed by atoms with Crippen molar-refractivity contribution in [3.05, 3.63) is 45.1 Å². The van der Waals surface area contributed by atoms with E-state index >= 15 is 0 Å². The van der Waals surface area contributed by atoms with Crippen LogP contribution in [-0.4, -0.2) is 37.1 Å². The summed E-state index contributed by atoms with van der Waals surface area (Å²) < 4.78 is 11.8. The lowest BCUT2D eigenvalue weighted by atomic mass is 10.0. The Morgan fingerprint density at radius 1 is 1.20 bits per heavy atom. The molecule has 0 saturated carbocycles. The van der Waals surface area contributed by atoms with Gasteiger partial charge in [0.25, 0.3) is 5.91 Å². The van der Waals surface area contributed by atoms with Gasteiger partial charge in [0.2, 0.25) is 0 Å². The molecule has 0 bridgehead atoms. The van der Waals surface area contributed by atoms with Crippen LogP contribution in [0.15, 0.2) is 40.2 Å². The molecule has 3 rings (SSSR count). The summed E-state index contributed by atoms with van der Waals surface area (Å²) in [4.78, 5) is 27.0. The lowest BCUT2D eigenvalue weighted by Crippen LogP contribution is -2.40. The molecule has 1 aromatic carbocycles. The van der Waals surface area contributed by atoms with Crippen LogP contribution in [0.4, 0.5) is 4.79 Å². The molecule has 25 heavy (non-hydrogen) atoms. The number of nitrogens with zero attached hydrogens (tertiary/aromatic N) is 1. The van der Waals surface area contributed by atoms with Crippen molar-refractivity contribution in [3.63, 3.8) is 0 Å². The van der Waals surface area contributed by atoms with Crippen LogP contribution in [0, 0.1) is 0 Å². The van der Waals surface area contributed by atoms with Crippen LogP contribution in [0.5, 0.6) is 11.5 Å². The summed E-state index contributed by atoms with van der Waals surface area (Å²) in [7, 11) is 1.56. The van der Waals surface area contributed by atoms with Gasteiger partial charge in [-0.05, 0) is 47.1 Å². The highest BCUT2D eigenvalue weighted by Gasteiger charge is 2.49. The number of thiophene rings is 1. The molecule has 1 N–H and O–H groups in total. The highest BCUT2D eigenvalue weighted by molar-refractivity contribution is 9.11. The molecule has 0 radical (unpaired) electrons. The number of urea groups is 1. The van der Waals surface area contributed by atoms with Crippen LogP contribution in [0.1, 0.15) is 11.8 Å². The highest BCUT2D eigenvalue weighted by atomic mass is 79.9. The smallest absolute Gasteiger partial charge is 0.325 e. The number of carbonyl (C=O) groups is 2. The minimum Gasteiger partial charge on any atom is -0.493 e. The van der Waals surface area contributed by atoms with Crippen LogP contribution in [-0.2, 0) is 10.3 Å². The molecule has 1 atom stereocenters. The van der Waals surface area contributed by atoms with Crippen LogP contribution in [0.3, 0.4) is 0 Å². The average Bonchev–Trinajstić information content (AvgIpc) is 3.13. The third kappa shape index (κ3) is 3.36.